The molecule has 20 heavy (non-hydrogen) atoms. The molecule has 2 aromatic rings. The predicted molar refractivity (Wildman–Crippen MR) is 73.7 cm³/mol. The third-order valence-corrected chi connectivity index (χ3v) is 2.98. The normalized spacial score (nSPS) is 9.85. The summed E-state index contributed by atoms with van der Waals surface area (Å²) in [4.78, 5) is 11.9. The van der Waals surface area contributed by atoms with E-state index in [-0.39, 0.29) is 5.75 Å². The van der Waals surface area contributed by atoms with Crippen LogP contribution in [0.5, 0.6) is 11.5 Å². The van der Waals surface area contributed by atoms with Crippen molar-refractivity contribution < 1.29 is 18.7 Å². The number of carbonyl (C=O) groups excluding carboxylic acids is 1. The first-order chi connectivity index (χ1) is 9.65. The molecule has 0 unspecified atom stereocenters. The predicted octanol–water partition coefficient (Wildman–Crippen LogP) is 3.53. The second-order valence-corrected chi connectivity index (χ2v) is 4.59. The highest BCUT2D eigenvalue weighted by molar-refractivity contribution is 9.10. The van der Waals surface area contributed by atoms with Crippen LogP contribution < -0.4 is 9.47 Å². The van der Waals surface area contributed by atoms with Gasteiger partial charge in [-0.3, -0.25) is 0 Å². The van der Waals surface area contributed by atoms with E-state index in [0.29, 0.717) is 28.0 Å². The van der Waals surface area contributed by atoms with Crippen molar-refractivity contribution in [1.82, 2.24) is 0 Å². The quantitative estimate of drug-likeness (QED) is 0.631. The highest BCUT2D eigenvalue weighted by Gasteiger charge is 2.17. The Hall–Kier alpha value is -2.26. The first-order valence-corrected chi connectivity index (χ1v) is 6.55. The fourth-order valence-electron chi connectivity index (χ4n) is 1.53. The van der Waals surface area contributed by atoms with E-state index >= 15 is 0 Å². The number of hydrogen-bond donors (Lipinski definition) is 0. The molecule has 0 radical (unpaired) electrons. The number of nitriles is 1. The number of benzene rings is 1. The summed E-state index contributed by atoms with van der Waals surface area (Å²) in [7, 11) is 0. The Morgan fingerprint density at radius 1 is 1.50 bits per heavy atom. The Morgan fingerprint density at radius 2 is 2.30 bits per heavy atom. The van der Waals surface area contributed by atoms with Crippen LogP contribution in [0.15, 0.2) is 39.6 Å². The molecule has 0 N–H and O–H groups in total. The molecule has 0 aliphatic rings. The van der Waals surface area contributed by atoms with Crippen molar-refractivity contribution in [2.45, 2.75) is 6.92 Å². The molecular formula is C14H10BrNO4. The lowest BCUT2D eigenvalue weighted by Gasteiger charge is -2.12. The minimum atomic E-state index is -0.565. The lowest BCUT2D eigenvalue weighted by molar-refractivity contribution is 0.0726. The molecule has 102 valence electrons. The molecule has 0 spiro atoms. The van der Waals surface area contributed by atoms with Crippen LogP contribution in [-0.4, -0.2) is 12.6 Å². The van der Waals surface area contributed by atoms with Crippen LogP contribution in [0.3, 0.4) is 0 Å². The third-order valence-electron chi connectivity index (χ3n) is 2.39. The molecule has 2 rings (SSSR count). The van der Waals surface area contributed by atoms with Gasteiger partial charge in [0.15, 0.2) is 11.5 Å². The van der Waals surface area contributed by atoms with Crippen molar-refractivity contribution in [3.05, 3.63) is 46.3 Å². The number of halogens is 1. The number of hydrogen-bond acceptors (Lipinski definition) is 5. The summed E-state index contributed by atoms with van der Waals surface area (Å²) in [6.07, 6.45) is 2.67. The van der Waals surface area contributed by atoms with Crippen molar-refractivity contribution in [3.63, 3.8) is 0 Å². The van der Waals surface area contributed by atoms with Crippen molar-refractivity contribution >= 4 is 21.9 Å². The zero-order valence-corrected chi connectivity index (χ0v) is 12.1. The molecule has 0 saturated carbocycles. The maximum absolute atomic E-state index is 11.9. The van der Waals surface area contributed by atoms with Crippen molar-refractivity contribution in [2.24, 2.45) is 0 Å². The van der Waals surface area contributed by atoms with Gasteiger partial charge in [0.1, 0.15) is 6.26 Å². The van der Waals surface area contributed by atoms with Gasteiger partial charge in [-0.2, -0.15) is 5.26 Å². The van der Waals surface area contributed by atoms with Gasteiger partial charge < -0.3 is 13.9 Å². The highest BCUT2D eigenvalue weighted by Crippen LogP contribution is 2.37. The molecule has 0 bridgehead atoms. The fraction of sp³-hybridized carbons (Fsp3) is 0.143. The number of carbonyl (C=O) groups is 1. The number of nitrogens with zero attached hydrogens (tertiary/aromatic N) is 1. The van der Waals surface area contributed by atoms with E-state index in [2.05, 4.69) is 15.9 Å². The van der Waals surface area contributed by atoms with E-state index in [1.807, 2.05) is 6.07 Å². The number of furan rings is 1. The molecular weight excluding hydrogens is 326 g/mol. The van der Waals surface area contributed by atoms with Crippen molar-refractivity contribution in [1.29, 1.82) is 5.26 Å². The smallest absolute Gasteiger partial charge is 0.346 e. The molecule has 0 atom stereocenters. The van der Waals surface area contributed by atoms with E-state index in [9.17, 15) is 4.79 Å². The van der Waals surface area contributed by atoms with Gasteiger partial charge in [-0.1, -0.05) is 0 Å². The first kappa shape index (κ1) is 14.2. The average Bonchev–Trinajstić information content (AvgIpc) is 2.96. The monoisotopic (exact) mass is 335 g/mol. The van der Waals surface area contributed by atoms with E-state index in [1.54, 1.807) is 13.0 Å². The average molecular weight is 336 g/mol. The topological polar surface area (TPSA) is 72.5 Å². The summed E-state index contributed by atoms with van der Waals surface area (Å²) in [6, 6.07) is 6.59. The highest BCUT2D eigenvalue weighted by atomic mass is 79.9. The molecule has 0 fully saturated rings. The molecule has 1 aromatic carbocycles. The van der Waals surface area contributed by atoms with Gasteiger partial charge in [-0.15, -0.1) is 0 Å². The van der Waals surface area contributed by atoms with Gasteiger partial charge in [-0.05, 0) is 35.0 Å². The lowest BCUT2D eigenvalue weighted by atomic mass is 10.2. The summed E-state index contributed by atoms with van der Waals surface area (Å²) >= 11 is 3.27. The number of ether oxygens (including phenoxy) is 2. The van der Waals surface area contributed by atoms with E-state index in [1.165, 1.54) is 24.7 Å². The molecule has 0 aliphatic heterocycles. The van der Waals surface area contributed by atoms with Crippen LogP contribution in [0, 0.1) is 11.3 Å². The third kappa shape index (κ3) is 3.00. The Balaban J connectivity index is 2.35. The van der Waals surface area contributed by atoms with E-state index in [0.717, 1.165) is 0 Å². The van der Waals surface area contributed by atoms with Gasteiger partial charge in [0.25, 0.3) is 0 Å². The molecule has 1 aromatic heterocycles. The van der Waals surface area contributed by atoms with Gasteiger partial charge in [0.05, 0.1) is 34.5 Å². The van der Waals surface area contributed by atoms with Crippen molar-refractivity contribution in [2.75, 3.05) is 6.61 Å². The van der Waals surface area contributed by atoms with Crippen LogP contribution in [-0.2, 0) is 0 Å². The van der Waals surface area contributed by atoms with Gasteiger partial charge in [0, 0.05) is 6.07 Å². The van der Waals surface area contributed by atoms with Crippen LogP contribution in [0.2, 0.25) is 0 Å². The summed E-state index contributed by atoms with van der Waals surface area (Å²) in [6.45, 7) is 2.19. The maximum Gasteiger partial charge on any atom is 0.346 e. The molecule has 6 heteroatoms. The van der Waals surface area contributed by atoms with E-state index in [4.69, 9.17) is 19.2 Å². The number of esters is 1. The molecule has 0 amide bonds. The minimum Gasteiger partial charge on any atom is -0.490 e. The Kier molecular flexibility index (Phi) is 4.43. The molecule has 1 heterocycles. The van der Waals surface area contributed by atoms with E-state index < -0.39 is 5.97 Å². The van der Waals surface area contributed by atoms with Crippen molar-refractivity contribution in [3.8, 4) is 17.6 Å². The minimum absolute atomic E-state index is 0.233. The standard InChI is InChI=1S/C14H10BrNO4/c1-2-19-12-6-9(7-16)5-11(15)13(12)20-14(17)10-3-4-18-8-10/h3-6,8H,2H2,1H3. The maximum atomic E-state index is 11.9. The SMILES string of the molecule is CCOc1cc(C#N)cc(Br)c1OC(=O)c1ccoc1. The second-order valence-electron chi connectivity index (χ2n) is 3.73. The van der Waals surface area contributed by atoms with Crippen LogP contribution >= 0.6 is 15.9 Å². The van der Waals surface area contributed by atoms with Gasteiger partial charge >= 0.3 is 5.97 Å². The van der Waals surface area contributed by atoms with Crippen LogP contribution in [0.4, 0.5) is 0 Å². The molecule has 0 aliphatic carbocycles. The zero-order valence-electron chi connectivity index (χ0n) is 10.6. The summed E-state index contributed by atoms with van der Waals surface area (Å²) in [5, 5.41) is 8.93. The largest absolute Gasteiger partial charge is 0.490 e. The molecule has 5 nitrogen and oxygen atoms in total. The van der Waals surface area contributed by atoms with Gasteiger partial charge in [0.2, 0.25) is 0 Å². The van der Waals surface area contributed by atoms with Crippen LogP contribution in [0.1, 0.15) is 22.8 Å². The summed E-state index contributed by atoms with van der Waals surface area (Å²) in [5.74, 6) is -0.00238. The summed E-state index contributed by atoms with van der Waals surface area (Å²) < 4.78 is 16.0. The Labute approximate surface area is 123 Å². The lowest BCUT2D eigenvalue weighted by Crippen LogP contribution is -2.09. The number of rotatable bonds is 4. The zero-order chi connectivity index (χ0) is 14.5. The van der Waals surface area contributed by atoms with Crippen LogP contribution in [0.25, 0.3) is 0 Å². The molecule has 0 saturated heterocycles. The fourth-order valence-corrected chi connectivity index (χ4v) is 2.05. The summed E-state index contributed by atoms with van der Waals surface area (Å²) in [5.41, 5.74) is 0.701. The Morgan fingerprint density at radius 3 is 2.90 bits per heavy atom. The van der Waals surface area contributed by atoms with Gasteiger partial charge in [-0.25, -0.2) is 4.79 Å². The Bertz CT molecular complexity index is 659. The first-order valence-electron chi connectivity index (χ1n) is 5.76. The second kappa shape index (κ2) is 6.26.